The molecule has 0 aromatic carbocycles. The van der Waals surface area contributed by atoms with E-state index in [1.165, 1.54) is 193 Å². The van der Waals surface area contributed by atoms with E-state index in [0.717, 1.165) is 32.1 Å². The summed E-state index contributed by atoms with van der Waals surface area (Å²) in [5.74, 6) is -0.0767. The first-order valence-electron chi connectivity index (χ1n) is 23.2. The van der Waals surface area contributed by atoms with Crippen LogP contribution in [0.25, 0.3) is 0 Å². The van der Waals surface area contributed by atoms with E-state index in [2.05, 4.69) is 43.5 Å². The second-order valence-electron chi connectivity index (χ2n) is 15.8. The number of unbranched alkanes of at least 4 members (excludes halogenated alkanes) is 31. The average Bonchev–Trinajstić information content (AvgIpc) is 3.15. The molecule has 0 aromatic rings. The van der Waals surface area contributed by atoms with Crippen LogP contribution in [0.4, 0.5) is 0 Å². The van der Waals surface area contributed by atoms with Gasteiger partial charge in [0.15, 0.2) is 0 Å². The van der Waals surface area contributed by atoms with Crippen molar-refractivity contribution in [2.24, 2.45) is 0 Å². The Hall–Kier alpha value is -1.39. The number of allylic oxidation sites excluding steroid dienone is 5. The quantitative estimate of drug-likeness (QED) is 0.0433. The van der Waals surface area contributed by atoms with Gasteiger partial charge in [-0.15, -0.1) is 0 Å². The van der Waals surface area contributed by atoms with Crippen LogP contribution in [0.1, 0.15) is 245 Å². The Labute approximate surface area is 325 Å². The van der Waals surface area contributed by atoms with Gasteiger partial charge < -0.3 is 15.5 Å². The smallest absolute Gasteiger partial charge is 0.220 e. The van der Waals surface area contributed by atoms with Crippen molar-refractivity contribution in [3.05, 3.63) is 36.5 Å². The predicted octanol–water partition coefficient (Wildman–Crippen LogP) is 14.6. The molecule has 3 N–H and O–H groups in total. The summed E-state index contributed by atoms with van der Waals surface area (Å²) in [6, 6.07) is -0.640. The van der Waals surface area contributed by atoms with Crippen LogP contribution in [-0.4, -0.2) is 34.9 Å². The summed E-state index contributed by atoms with van der Waals surface area (Å²) >= 11 is 0. The second kappa shape index (κ2) is 44.0. The van der Waals surface area contributed by atoms with Crippen molar-refractivity contribution in [2.45, 2.75) is 257 Å². The summed E-state index contributed by atoms with van der Waals surface area (Å²) in [6.45, 7) is 4.31. The van der Waals surface area contributed by atoms with Gasteiger partial charge >= 0.3 is 0 Å². The molecule has 0 saturated heterocycles. The lowest BCUT2D eigenvalue weighted by molar-refractivity contribution is -0.123. The number of hydrogen-bond donors (Lipinski definition) is 3. The lowest BCUT2D eigenvalue weighted by Gasteiger charge is -2.19. The minimum atomic E-state index is -0.863. The van der Waals surface area contributed by atoms with Gasteiger partial charge in [-0.05, 0) is 57.8 Å². The van der Waals surface area contributed by atoms with Gasteiger partial charge in [0.25, 0.3) is 0 Å². The third kappa shape index (κ3) is 39.8. The predicted molar refractivity (Wildman–Crippen MR) is 230 cm³/mol. The van der Waals surface area contributed by atoms with Gasteiger partial charge in [0.2, 0.25) is 5.91 Å². The van der Waals surface area contributed by atoms with E-state index in [-0.39, 0.29) is 12.5 Å². The second-order valence-corrected chi connectivity index (χ2v) is 15.8. The maximum absolute atomic E-state index is 12.4. The van der Waals surface area contributed by atoms with Gasteiger partial charge in [-0.2, -0.15) is 0 Å². The highest BCUT2D eigenvalue weighted by Gasteiger charge is 2.17. The molecule has 0 saturated carbocycles. The number of nitrogens with one attached hydrogen (secondary N) is 1. The molecule has 0 radical (unpaired) electrons. The van der Waals surface area contributed by atoms with Gasteiger partial charge in [0.05, 0.1) is 18.8 Å². The average molecular weight is 730 g/mol. The largest absolute Gasteiger partial charge is 0.394 e. The van der Waals surface area contributed by atoms with E-state index < -0.39 is 12.1 Å². The highest BCUT2D eigenvalue weighted by atomic mass is 16.3. The van der Waals surface area contributed by atoms with Crippen molar-refractivity contribution in [2.75, 3.05) is 6.61 Å². The van der Waals surface area contributed by atoms with E-state index >= 15 is 0 Å². The summed E-state index contributed by atoms with van der Waals surface area (Å²) in [5.41, 5.74) is 0. The van der Waals surface area contributed by atoms with Crippen molar-refractivity contribution in [1.82, 2.24) is 5.32 Å². The molecule has 0 fully saturated rings. The first kappa shape index (κ1) is 50.6. The zero-order chi connectivity index (χ0) is 37.8. The molecule has 4 heteroatoms. The summed E-state index contributed by atoms with van der Waals surface area (Å²) in [7, 11) is 0. The first-order valence-corrected chi connectivity index (χ1v) is 23.2. The topological polar surface area (TPSA) is 69.6 Å². The normalized spacial score (nSPS) is 13.2. The van der Waals surface area contributed by atoms with Gasteiger partial charge in [-0.1, -0.05) is 217 Å². The van der Waals surface area contributed by atoms with Crippen LogP contribution >= 0.6 is 0 Å². The van der Waals surface area contributed by atoms with Gasteiger partial charge in [0, 0.05) is 6.42 Å². The lowest BCUT2D eigenvalue weighted by atomic mass is 10.0. The highest BCUT2D eigenvalue weighted by molar-refractivity contribution is 5.76. The fourth-order valence-corrected chi connectivity index (χ4v) is 7.01. The maximum atomic E-state index is 12.4. The van der Waals surface area contributed by atoms with Gasteiger partial charge in [-0.25, -0.2) is 0 Å². The number of rotatable bonds is 42. The number of amides is 1. The Morgan fingerprint density at radius 3 is 1.12 bits per heavy atom. The first-order chi connectivity index (χ1) is 25.7. The Morgan fingerprint density at radius 1 is 0.442 bits per heavy atom. The van der Waals surface area contributed by atoms with Crippen LogP contribution in [0.2, 0.25) is 0 Å². The molecule has 0 aliphatic rings. The zero-order valence-corrected chi connectivity index (χ0v) is 35.1. The van der Waals surface area contributed by atoms with Crippen molar-refractivity contribution >= 4 is 5.91 Å². The van der Waals surface area contributed by atoms with Crippen molar-refractivity contribution < 1.29 is 15.0 Å². The van der Waals surface area contributed by atoms with Crippen LogP contribution in [0, 0.1) is 0 Å². The fraction of sp³-hybridized carbons (Fsp3) is 0.854. The zero-order valence-electron chi connectivity index (χ0n) is 35.1. The molecule has 0 aliphatic heterocycles. The van der Waals surface area contributed by atoms with Gasteiger partial charge in [-0.3, -0.25) is 4.79 Å². The van der Waals surface area contributed by atoms with Crippen LogP contribution in [0.15, 0.2) is 36.5 Å². The molecule has 4 nitrogen and oxygen atoms in total. The number of carbonyl (C=O) groups excluding carboxylic acids is 1. The van der Waals surface area contributed by atoms with E-state index in [0.29, 0.717) is 6.42 Å². The molecule has 2 atom stereocenters. The van der Waals surface area contributed by atoms with Crippen LogP contribution < -0.4 is 5.32 Å². The Balaban J connectivity index is 3.59. The van der Waals surface area contributed by atoms with Crippen LogP contribution in [0.3, 0.4) is 0 Å². The minimum Gasteiger partial charge on any atom is -0.394 e. The summed E-state index contributed by atoms with van der Waals surface area (Å²) in [6.07, 6.45) is 58.3. The summed E-state index contributed by atoms with van der Waals surface area (Å²) in [5, 5.41) is 23.0. The molecular formula is C48H91NO3. The molecule has 306 valence electrons. The van der Waals surface area contributed by atoms with Crippen molar-refractivity contribution in [1.29, 1.82) is 0 Å². The summed E-state index contributed by atoms with van der Waals surface area (Å²) in [4.78, 5) is 12.4. The molecular weight excluding hydrogens is 639 g/mol. The molecule has 0 bridgehead atoms. The Bertz CT molecular complexity index is 790. The maximum Gasteiger partial charge on any atom is 0.220 e. The standard InChI is InChI=1S/C48H91NO3/c1-3-5-7-9-11-13-15-17-19-21-23-25-27-29-31-33-35-37-39-41-43-47(51)46(45-50)49-48(52)44-42-40-38-36-34-32-30-28-26-24-22-20-18-16-14-12-10-8-6-4-2/h24,26,33,35,41,43,46-47,50-51H,3-23,25,27-32,34,36-40,42,44-45H2,1-2H3,(H,49,52)/b26-24-,35-33+,43-41+. The van der Waals surface area contributed by atoms with E-state index in [1.807, 2.05) is 6.08 Å². The molecule has 0 aromatic heterocycles. The van der Waals surface area contributed by atoms with E-state index in [9.17, 15) is 15.0 Å². The molecule has 0 spiro atoms. The Morgan fingerprint density at radius 2 is 0.750 bits per heavy atom. The molecule has 0 rings (SSSR count). The number of hydrogen-bond acceptors (Lipinski definition) is 3. The van der Waals surface area contributed by atoms with Gasteiger partial charge in [0.1, 0.15) is 0 Å². The van der Waals surface area contributed by atoms with Crippen molar-refractivity contribution in [3.63, 3.8) is 0 Å². The SMILES string of the molecule is CCCCCCCCCCC/C=C\CCCCCCCCCC(=O)NC(CO)C(O)/C=C/CC/C=C/CCCCCCCCCCCCCCCC. The fourth-order valence-electron chi connectivity index (χ4n) is 7.01. The lowest BCUT2D eigenvalue weighted by Crippen LogP contribution is -2.45. The Kier molecular flexibility index (Phi) is 42.8. The third-order valence-electron chi connectivity index (χ3n) is 10.6. The van der Waals surface area contributed by atoms with Crippen molar-refractivity contribution in [3.8, 4) is 0 Å². The van der Waals surface area contributed by atoms with Crippen LogP contribution in [-0.2, 0) is 4.79 Å². The van der Waals surface area contributed by atoms with Crippen LogP contribution in [0.5, 0.6) is 0 Å². The summed E-state index contributed by atoms with van der Waals surface area (Å²) < 4.78 is 0. The van der Waals surface area contributed by atoms with E-state index in [4.69, 9.17) is 0 Å². The number of aliphatic hydroxyl groups excluding tert-OH is 2. The monoisotopic (exact) mass is 730 g/mol. The molecule has 2 unspecified atom stereocenters. The molecule has 52 heavy (non-hydrogen) atoms. The molecule has 1 amide bonds. The van der Waals surface area contributed by atoms with E-state index in [1.54, 1.807) is 6.08 Å². The molecule has 0 aliphatic carbocycles. The molecule has 0 heterocycles. The minimum absolute atomic E-state index is 0.0767. The number of carbonyl (C=O) groups is 1. The highest BCUT2D eigenvalue weighted by Crippen LogP contribution is 2.15. The third-order valence-corrected chi connectivity index (χ3v) is 10.6. The number of aliphatic hydroxyl groups is 2.